The van der Waals surface area contributed by atoms with E-state index in [2.05, 4.69) is 16.7 Å². The molecule has 1 aromatic rings. The lowest BCUT2D eigenvalue weighted by Gasteiger charge is -2.24. The van der Waals surface area contributed by atoms with Gasteiger partial charge in [-0.1, -0.05) is 12.1 Å². The van der Waals surface area contributed by atoms with Gasteiger partial charge >= 0.3 is 6.03 Å². The largest absolute Gasteiger partial charge is 0.377 e. The Bertz CT molecular complexity index is 586. The number of rotatable bonds is 4. The maximum Gasteiger partial charge on any atom is 0.318 e. The third-order valence-electron chi connectivity index (χ3n) is 4.22. The summed E-state index contributed by atoms with van der Waals surface area (Å²) in [6, 6.07) is 5.64. The molecular weight excluding hydrogens is 292 g/mol. The van der Waals surface area contributed by atoms with Crippen LogP contribution in [-0.2, 0) is 11.3 Å². The third kappa shape index (κ3) is 3.94. The molecule has 0 unspecified atom stereocenters. The van der Waals surface area contributed by atoms with Crippen LogP contribution in [0.1, 0.15) is 24.0 Å². The van der Waals surface area contributed by atoms with Gasteiger partial charge in [-0.3, -0.25) is 4.79 Å². The second kappa shape index (κ2) is 7.35. The van der Waals surface area contributed by atoms with Crippen molar-refractivity contribution in [2.75, 3.05) is 32.6 Å². The monoisotopic (exact) mass is 318 g/mol. The SMILES string of the molecule is CNC(=O)[C@H]1CCCN1C(=O)NCc1ccc(C)cc1N(C)C. The fourth-order valence-electron chi connectivity index (χ4n) is 2.96. The Kier molecular flexibility index (Phi) is 5.47. The van der Waals surface area contributed by atoms with Crippen molar-refractivity contribution >= 4 is 17.6 Å². The second-order valence-electron chi connectivity index (χ2n) is 6.15. The van der Waals surface area contributed by atoms with E-state index in [0.29, 0.717) is 13.1 Å². The highest BCUT2D eigenvalue weighted by Crippen LogP contribution is 2.21. The molecule has 0 radical (unpaired) electrons. The highest BCUT2D eigenvalue weighted by molar-refractivity contribution is 5.87. The zero-order valence-corrected chi connectivity index (χ0v) is 14.3. The molecule has 0 saturated carbocycles. The van der Waals surface area contributed by atoms with Crippen molar-refractivity contribution in [3.05, 3.63) is 29.3 Å². The van der Waals surface area contributed by atoms with Gasteiger partial charge in [0, 0.05) is 39.9 Å². The Labute approximate surface area is 137 Å². The van der Waals surface area contributed by atoms with Crippen LogP contribution in [0.15, 0.2) is 18.2 Å². The molecule has 1 saturated heterocycles. The van der Waals surface area contributed by atoms with Crippen LogP contribution in [0, 0.1) is 6.92 Å². The lowest BCUT2D eigenvalue weighted by molar-refractivity contribution is -0.124. The summed E-state index contributed by atoms with van der Waals surface area (Å²) in [4.78, 5) is 27.9. The van der Waals surface area contributed by atoms with Gasteiger partial charge in [-0.15, -0.1) is 0 Å². The first kappa shape index (κ1) is 17.1. The van der Waals surface area contributed by atoms with E-state index in [4.69, 9.17) is 0 Å². The molecule has 2 rings (SSSR count). The lowest BCUT2D eigenvalue weighted by Crippen LogP contribution is -2.48. The number of carbonyl (C=O) groups excluding carboxylic acids is 2. The van der Waals surface area contributed by atoms with E-state index in [1.807, 2.05) is 38.1 Å². The molecule has 1 aliphatic rings. The molecule has 2 N–H and O–H groups in total. The average Bonchev–Trinajstić information content (AvgIpc) is 3.02. The van der Waals surface area contributed by atoms with Gasteiger partial charge < -0.3 is 20.4 Å². The maximum atomic E-state index is 12.4. The number of carbonyl (C=O) groups is 2. The fourth-order valence-corrected chi connectivity index (χ4v) is 2.96. The molecule has 1 aliphatic heterocycles. The quantitative estimate of drug-likeness (QED) is 0.884. The van der Waals surface area contributed by atoms with E-state index in [1.54, 1.807) is 11.9 Å². The summed E-state index contributed by atoms with van der Waals surface area (Å²) in [5.41, 5.74) is 3.34. The summed E-state index contributed by atoms with van der Waals surface area (Å²) in [5, 5.41) is 5.57. The first-order chi connectivity index (χ1) is 10.9. The van der Waals surface area contributed by atoms with Gasteiger partial charge in [-0.25, -0.2) is 4.79 Å². The van der Waals surface area contributed by atoms with Gasteiger partial charge in [0.15, 0.2) is 0 Å². The molecule has 6 heteroatoms. The van der Waals surface area contributed by atoms with Gasteiger partial charge in [0.2, 0.25) is 5.91 Å². The van der Waals surface area contributed by atoms with Gasteiger partial charge in [0.25, 0.3) is 0 Å². The number of benzene rings is 1. The van der Waals surface area contributed by atoms with Crippen LogP contribution >= 0.6 is 0 Å². The van der Waals surface area contributed by atoms with Crippen LogP contribution in [0.25, 0.3) is 0 Å². The Hall–Kier alpha value is -2.24. The number of amides is 3. The predicted molar refractivity (Wildman–Crippen MR) is 91.5 cm³/mol. The van der Waals surface area contributed by atoms with E-state index in [9.17, 15) is 9.59 Å². The molecule has 6 nitrogen and oxygen atoms in total. The molecule has 23 heavy (non-hydrogen) atoms. The first-order valence-corrected chi connectivity index (χ1v) is 7.97. The average molecular weight is 318 g/mol. The summed E-state index contributed by atoms with van der Waals surface area (Å²) in [7, 11) is 5.58. The number of nitrogens with zero attached hydrogens (tertiary/aromatic N) is 2. The van der Waals surface area contributed by atoms with E-state index < -0.39 is 0 Å². The Balaban J connectivity index is 2.03. The maximum absolute atomic E-state index is 12.4. The summed E-state index contributed by atoms with van der Waals surface area (Å²) < 4.78 is 0. The van der Waals surface area contributed by atoms with Crippen molar-refractivity contribution in [3.63, 3.8) is 0 Å². The molecular formula is C17H26N4O2. The molecule has 0 aliphatic carbocycles. The third-order valence-corrected chi connectivity index (χ3v) is 4.22. The number of nitrogens with one attached hydrogen (secondary N) is 2. The summed E-state index contributed by atoms with van der Waals surface area (Å²) in [6.07, 6.45) is 1.58. The highest BCUT2D eigenvalue weighted by Gasteiger charge is 2.33. The highest BCUT2D eigenvalue weighted by atomic mass is 16.2. The topological polar surface area (TPSA) is 64.7 Å². The molecule has 126 valence electrons. The zero-order valence-electron chi connectivity index (χ0n) is 14.3. The number of anilines is 1. The second-order valence-corrected chi connectivity index (χ2v) is 6.15. The number of hydrogen-bond acceptors (Lipinski definition) is 3. The number of likely N-dealkylation sites (tertiary alicyclic amines) is 1. The van der Waals surface area contributed by atoms with Crippen molar-refractivity contribution < 1.29 is 9.59 Å². The van der Waals surface area contributed by atoms with E-state index in [0.717, 1.165) is 24.1 Å². The molecule has 0 spiro atoms. The normalized spacial score (nSPS) is 17.0. The zero-order chi connectivity index (χ0) is 17.0. The minimum absolute atomic E-state index is 0.0954. The van der Waals surface area contributed by atoms with Crippen molar-refractivity contribution in [1.29, 1.82) is 0 Å². The van der Waals surface area contributed by atoms with Crippen molar-refractivity contribution in [2.24, 2.45) is 0 Å². The van der Waals surface area contributed by atoms with Crippen LogP contribution < -0.4 is 15.5 Å². The van der Waals surface area contributed by atoms with E-state index in [-0.39, 0.29) is 18.0 Å². The molecule has 0 bridgehead atoms. The van der Waals surface area contributed by atoms with Gasteiger partial charge in [-0.2, -0.15) is 0 Å². The minimum atomic E-state index is -0.355. The number of likely N-dealkylation sites (N-methyl/N-ethyl adjacent to an activating group) is 1. The van der Waals surface area contributed by atoms with E-state index in [1.165, 1.54) is 5.56 Å². The Morgan fingerprint density at radius 3 is 2.74 bits per heavy atom. The summed E-state index contributed by atoms with van der Waals surface area (Å²) >= 11 is 0. The van der Waals surface area contributed by atoms with Crippen molar-refractivity contribution in [3.8, 4) is 0 Å². The number of aryl methyl sites for hydroxylation is 1. The van der Waals surface area contributed by atoms with Gasteiger partial charge in [0.05, 0.1) is 0 Å². The van der Waals surface area contributed by atoms with Crippen LogP contribution in [0.2, 0.25) is 0 Å². The standard InChI is InChI=1S/C17H26N4O2/c1-12-7-8-13(15(10-12)20(3)4)11-19-17(23)21-9-5-6-14(21)16(22)18-2/h7-8,10,14H,5-6,9,11H2,1-4H3,(H,18,22)(H,19,23)/t14-/m1/s1. The molecule has 1 heterocycles. The Morgan fingerprint density at radius 1 is 1.35 bits per heavy atom. The number of urea groups is 1. The van der Waals surface area contributed by atoms with Crippen LogP contribution in [-0.4, -0.2) is 50.6 Å². The smallest absolute Gasteiger partial charge is 0.318 e. The van der Waals surface area contributed by atoms with Crippen LogP contribution in [0.5, 0.6) is 0 Å². The summed E-state index contributed by atoms with van der Waals surface area (Å²) in [6.45, 7) is 3.12. The van der Waals surface area contributed by atoms with E-state index >= 15 is 0 Å². The van der Waals surface area contributed by atoms with Crippen LogP contribution in [0.4, 0.5) is 10.5 Å². The fraction of sp³-hybridized carbons (Fsp3) is 0.529. The number of hydrogen-bond donors (Lipinski definition) is 2. The molecule has 1 aromatic carbocycles. The lowest BCUT2D eigenvalue weighted by atomic mass is 10.1. The minimum Gasteiger partial charge on any atom is -0.377 e. The summed E-state index contributed by atoms with van der Waals surface area (Å²) in [5.74, 6) is -0.0954. The van der Waals surface area contributed by atoms with Crippen molar-refractivity contribution in [1.82, 2.24) is 15.5 Å². The van der Waals surface area contributed by atoms with Crippen LogP contribution in [0.3, 0.4) is 0 Å². The first-order valence-electron chi connectivity index (χ1n) is 7.97. The molecule has 1 fully saturated rings. The molecule has 3 amide bonds. The van der Waals surface area contributed by atoms with Crippen molar-refractivity contribution in [2.45, 2.75) is 32.4 Å². The predicted octanol–water partition coefficient (Wildman–Crippen LogP) is 1.48. The van der Waals surface area contributed by atoms with Gasteiger partial charge in [-0.05, 0) is 37.0 Å². The molecule has 1 atom stereocenters. The van der Waals surface area contributed by atoms with Gasteiger partial charge in [0.1, 0.15) is 6.04 Å². The Morgan fingerprint density at radius 2 is 2.09 bits per heavy atom. The molecule has 0 aromatic heterocycles.